The molecule has 0 unspecified atom stereocenters. The Hall–Kier alpha value is -1.83. The number of aromatic amines is 1. The third-order valence-corrected chi connectivity index (χ3v) is 5.06. The lowest BCUT2D eigenvalue weighted by molar-refractivity contribution is 0.0943. The topological polar surface area (TPSA) is 105 Å². The smallest absolute Gasteiger partial charge is 0.267 e. The van der Waals surface area contributed by atoms with Gasteiger partial charge in [-0.1, -0.05) is 0 Å². The zero-order valence-electron chi connectivity index (χ0n) is 11.0. The Kier molecular flexibility index (Phi) is 4.12. The number of aromatic nitrogens is 1. The third-order valence-electron chi connectivity index (χ3n) is 3.22. The van der Waals surface area contributed by atoms with Crippen molar-refractivity contribution in [2.75, 3.05) is 25.2 Å². The van der Waals surface area contributed by atoms with Gasteiger partial charge in [0.2, 0.25) is 5.43 Å². The molecule has 110 valence electrons. The van der Waals surface area contributed by atoms with Crippen LogP contribution in [-0.4, -0.2) is 44.5 Å². The van der Waals surface area contributed by atoms with Crippen molar-refractivity contribution in [2.45, 2.75) is 6.42 Å². The lowest BCUT2D eigenvalue weighted by Gasteiger charge is -2.09. The minimum Gasteiger partial charge on any atom is -0.491 e. The van der Waals surface area contributed by atoms with Gasteiger partial charge in [0.25, 0.3) is 5.91 Å². The SMILES string of the molecule is COc1c[nH]c(C(=O)NC[C@H]2CCS(=O)(=O)C2)cc1=O. The average Bonchev–Trinajstić information content (AvgIpc) is 2.75. The Morgan fingerprint density at radius 2 is 2.30 bits per heavy atom. The summed E-state index contributed by atoms with van der Waals surface area (Å²) in [6.45, 7) is 0.284. The minimum absolute atomic E-state index is 0.0612. The maximum Gasteiger partial charge on any atom is 0.267 e. The molecule has 0 aromatic carbocycles. The van der Waals surface area contributed by atoms with Crippen LogP contribution in [0.4, 0.5) is 0 Å². The molecule has 1 aromatic rings. The van der Waals surface area contributed by atoms with Crippen LogP contribution in [0.3, 0.4) is 0 Å². The van der Waals surface area contributed by atoms with Gasteiger partial charge in [-0.05, 0) is 12.3 Å². The van der Waals surface area contributed by atoms with Gasteiger partial charge in [0.15, 0.2) is 15.6 Å². The maximum absolute atomic E-state index is 11.8. The summed E-state index contributed by atoms with van der Waals surface area (Å²) in [5.41, 5.74) is -0.267. The number of H-pyrrole nitrogens is 1. The van der Waals surface area contributed by atoms with Crippen LogP contribution >= 0.6 is 0 Å². The number of hydrogen-bond donors (Lipinski definition) is 2. The molecule has 20 heavy (non-hydrogen) atoms. The first-order chi connectivity index (χ1) is 9.41. The van der Waals surface area contributed by atoms with E-state index in [0.717, 1.165) is 6.07 Å². The summed E-state index contributed by atoms with van der Waals surface area (Å²) in [6, 6.07) is 1.15. The molecular weight excluding hydrogens is 284 g/mol. The van der Waals surface area contributed by atoms with Crippen molar-refractivity contribution in [2.24, 2.45) is 5.92 Å². The maximum atomic E-state index is 11.8. The highest BCUT2D eigenvalue weighted by Crippen LogP contribution is 2.17. The number of rotatable bonds is 4. The number of pyridine rings is 1. The van der Waals surface area contributed by atoms with Gasteiger partial charge in [0.05, 0.1) is 18.6 Å². The molecule has 1 aliphatic rings. The highest BCUT2D eigenvalue weighted by atomic mass is 32.2. The van der Waals surface area contributed by atoms with Crippen LogP contribution in [0.25, 0.3) is 0 Å². The Morgan fingerprint density at radius 3 is 2.85 bits per heavy atom. The van der Waals surface area contributed by atoms with E-state index >= 15 is 0 Å². The van der Waals surface area contributed by atoms with Gasteiger partial charge in [0, 0.05) is 18.8 Å². The number of sulfone groups is 1. The van der Waals surface area contributed by atoms with Crippen molar-refractivity contribution in [3.05, 3.63) is 28.2 Å². The van der Waals surface area contributed by atoms with E-state index in [4.69, 9.17) is 4.74 Å². The van der Waals surface area contributed by atoms with E-state index in [9.17, 15) is 18.0 Å². The predicted molar refractivity (Wildman–Crippen MR) is 72.7 cm³/mol. The zero-order valence-corrected chi connectivity index (χ0v) is 11.8. The summed E-state index contributed by atoms with van der Waals surface area (Å²) >= 11 is 0. The van der Waals surface area contributed by atoms with E-state index in [1.165, 1.54) is 13.3 Å². The number of nitrogens with one attached hydrogen (secondary N) is 2. The van der Waals surface area contributed by atoms with Crippen LogP contribution < -0.4 is 15.5 Å². The van der Waals surface area contributed by atoms with Gasteiger partial charge in [0.1, 0.15) is 5.69 Å². The van der Waals surface area contributed by atoms with Crippen LogP contribution in [0.5, 0.6) is 5.75 Å². The number of methoxy groups -OCH3 is 1. The molecule has 2 N–H and O–H groups in total. The summed E-state index contributed by atoms with van der Waals surface area (Å²) in [7, 11) is -1.58. The van der Waals surface area contributed by atoms with Gasteiger partial charge >= 0.3 is 0 Å². The Bertz CT molecular complexity index is 665. The number of amides is 1. The molecule has 1 saturated heterocycles. The van der Waals surface area contributed by atoms with E-state index in [2.05, 4.69) is 10.3 Å². The lowest BCUT2D eigenvalue weighted by atomic mass is 10.1. The third kappa shape index (κ3) is 3.38. The first kappa shape index (κ1) is 14.6. The summed E-state index contributed by atoms with van der Waals surface area (Å²) < 4.78 is 27.4. The molecule has 0 radical (unpaired) electrons. The normalized spacial score (nSPS) is 20.6. The highest BCUT2D eigenvalue weighted by Gasteiger charge is 2.28. The molecular formula is C12H16N2O5S. The van der Waals surface area contributed by atoms with Crippen molar-refractivity contribution >= 4 is 15.7 Å². The van der Waals surface area contributed by atoms with Crippen LogP contribution in [0, 0.1) is 5.92 Å². The van der Waals surface area contributed by atoms with E-state index in [1.54, 1.807) is 0 Å². The first-order valence-corrected chi connectivity index (χ1v) is 7.99. The summed E-state index contributed by atoms with van der Waals surface area (Å²) in [4.78, 5) is 26.0. The second-order valence-corrected chi connectivity index (χ2v) is 6.99. The molecule has 1 aliphatic heterocycles. The van der Waals surface area contributed by atoms with Gasteiger partial charge in [-0.2, -0.15) is 0 Å². The highest BCUT2D eigenvalue weighted by molar-refractivity contribution is 7.91. The van der Waals surface area contributed by atoms with E-state index in [0.29, 0.717) is 6.42 Å². The summed E-state index contributed by atoms with van der Waals surface area (Å²) in [6.07, 6.45) is 1.87. The molecule has 0 aliphatic carbocycles. The molecule has 8 heteroatoms. The fraction of sp³-hybridized carbons (Fsp3) is 0.500. The average molecular weight is 300 g/mol. The van der Waals surface area contributed by atoms with Crippen molar-refractivity contribution in [3.63, 3.8) is 0 Å². The van der Waals surface area contributed by atoms with Gasteiger partial charge in [-0.15, -0.1) is 0 Å². The van der Waals surface area contributed by atoms with Crippen molar-refractivity contribution in [1.82, 2.24) is 10.3 Å². The van der Waals surface area contributed by atoms with Gasteiger partial charge < -0.3 is 15.0 Å². The Labute approximate surface area is 116 Å². The Morgan fingerprint density at radius 1 is 1.55 bits per heavy atom. The van der Waals surface area contributed by atoms with Crippen LogP contribution in [0.2, 0.25) is 0 Å². The predicted octanol–water partition coefficient (Wildman–Crippen LogP) is -0.452. The lowest BCUT2D eigenvalue weighted by Crippen LogP contribution is -2.31. The second-order valence-electron chi connectivity index (χ2n) is 4.76. The van der Waals surface area contributed by atoms with Crippen molar-refractivity contribution in [1.29, 1.82) is 0 Å². The van der Waals surface area contributed by atoms with E-state index in [1.807, 2.05) is 0 Å². The fourth-order valence-electron chi connectivity index (χ4n) is 2.11. The molecule has 1 atom stereocenters. The monoisotopic (exact) mass is 300 g/mol. The van der Waals surface area contributed by atoms with Crippen molar-refractivity contribution < 1.29 is 17.9 Å². The summed E-state index contributed by atoms with van der Waals surface area (Å²) in [5.74, 6) is -0.0920. The van der Waals surface area contributed by atoms with Gasteiger partial charge in [-0.25, -0.2) is 8.42 Å². The van der Waals surface area contributed by atoms with Crippen LogP contribution in [0.15, 0.2) is 17.1 Å². The molecule has 0 saturated carbocycles. The van der Waals surface area contributed by atoms with Crippen LogP contribution in [-0.2, 0) is 9.84 Å². The molecule has 0 spiro atoms. The molecule has 7 nitrogen and oxygen atoms in total. The van der Waals surface area contributed by atoms with Crippen molar-refractivity contribution in [3.8, 4) is 5.75 Å². The number of carbonyl (C=O) groups is 1. The molecule has 1 fully saturated rings. The van der Waals surface area contributed by atoms with E-state index in [-0.39, 0.29) is 40.8 Å². The number of ether oxygens (including phenoxy) is 1. The fourth-order valence-corrected chi connectivity index (χ4v) is 3.98. The Balaban J connectivity index is 1.96. The molecule has 2 rings (SSSR count). The van der Waals surface area contributed by atoms with Gasteiger partial charge in [-0.3, -0.25) is 9.59 Å². The molecule has 0 bridgehead atoms. The largest absolute Gasteiger partial charge is 0.491 e. The minimum atomic E-state index is -2.95. The molecule has 1 amide bonds. The standard InChI is InChI=1S/C12H16N2O5S/c1-19-11-6-13-9(4-10(11)15)12(16)14-5-8-2-3-20(17,18)7-8/h4,6,8H,2-3,5,7H2,1H3,(H,13,15)(H,14,16)/t8-/m1/s1. The first-order valence-electron chi connectivity index (χ1n) is 6.16. The zero-order chi connectivity index (χ0) is 14.8. The quantitative estimate of drug-likeness (QED) is 0.783. The second kappa shape index (κ2) is 5.66. The van der Waals surface area contributed by atoms with Crippen LogP contribution in [0.1, 0.15) is 16.9 Å². The van der Waals surface area contributed by atoms with E-state index < -0.39 is 15.7 Å². The molecule has 2 heterocycles. The molecule has 1 aromatic heterocycles. The number of hydrogen-bond acceptors (Lipinski definition) is 5. The summed E-state index contributed by atoms with van der Waals surface area (Å²) in [5, 5.41) is 2.63. The number of carbonyl (C=O) groups excluding carboxylic acids is 1.